The summed E-state index contributed by atoms with van der Waals surface area (Å²) in [6.07, 6.45) is 12.2. The van der Waals surface area contributed by atoms with Gasteiger partial charge in [0.2, 0.25) is 0 Å². The number of nitrogens with zero attached hydrogens (tertiary/aromatic N) is 1. The lowest BCUT2D eigenvalue weighted by Gasteiger charge is -2.38. The van der Waals surface area contributed by atoms with Gasteiger partial charge in [-0.3, -0.25) is 4.55 Å². The second-order valence-corrected chi connectivity index (χ2v) is 11.5. The molecule has 2 aliphatic heterocycles. The lowest BCUT2D eigenvalue weighted by atomic mass is 9.91. The Morgan fingerprint density at radius 1 is 1.07 bits per heavy atom. The number of rotatable bonds is 11. The molecule has 1 fully saturated rings. The molecule has 0 bridgehead atoms. The fourth-order valence-electron chi connectivity index (χ4n) is 3.55. The van der Waals surface area contributed by atoms with E-state index in [1.165, 1.54) is 12.5 Å². The molecule has 224 valence electrons. The Balaban J connectivity index is 0.000000883. The molecule has 0 aromatic heterocycles. The molecule has 2 aliphatic rings. The summed E-state index contributed by atoms with van der Waals surface area (Å²) in [7, 11) is -3.66. The molecule has 0 radical (unpaired) electrons. The molecule has 0 saturated carbocycles. The SMILES string of the molecule is C=CC(=O)OCC1(COC(=O)C=C)COC(c2ccc(C=CC3=CCN(C(C)C)C=C3)cc2)OC1.CCS(=O)(=O)O. The minimum absolute atomic E-state index is 0.0298. The highest BCUT2D eigenvalue weighted by atomic mass is 32.2. The first kappa shape index (κ1) is 33.7. The minimum atomic E-state index is -3.66. The van der Waals surface area contributed by atoms with Crippen molar-refractivity contribution >= 4 is 28.1 Å². The fourth-order valence-corrected chi connectivity index (χ4v) is 3.55. The summed E-state index contributed by atoms with van der Waals surface area (Å²) >= 11 is 0. The van der Waals surface area contributed by atoms with Crippen molar-refractivity contribution in [2.75, 3.05) is 38.7 Å². The van der Waals surface area contributed by atoms with Gasteiger partial charge in [0.1, 0.15) is 13.2 Å². The lowest BCUT2D eigenvalue weighted by molar-refractivity contribution is -0.251. The molecule has 0 unspecified atom stereocenters. The summed E-state index contributed by atoms with van der Waals surface area (Å²) in [6, 6.07) is 8.41. The normalized spacial score (nSPS) is 16.9. The van der Waals surface area contributed by atoms with Crippen LogP contribution in [0, 0.1) is 5.41 Å². The molecule has 1 aromatic carbocycles. The van der Waals surface area contributed by atoms with E-state index in [1.54, 1.807) is 0 Å². The summed E-state index contributed by atoms with van der Waals surface area (Å²) in [6.45, 7) is 13.7. The standard InChI is InChI=1S/C28H33NO6.C2H6O3S/c1-5-25(30)32-17-28(18-33-26(31)6-2)19-34-27(35-20-28)24-11-9-22(10-12-24)7-8-23-13-15-29(16-14-23)21(3)4;1-2-6(3,4)5/h5-15,21,27H,1-2,16-20H2,3-4H3;2H2,1H3,(H,3,4,5). The Labute approximate surface area is 242 Å². The average Bonchev–Trinajstić information content (AvgIpc) is 2.98. The van der Waals surface area contributed by atoms with Crippen molar-refractivity contribution in [2.45, 2.75) is 33.1 Å². The molecule has 10 nitrogen and oxygen atoms in total. The quantitative estimate of drug-likeness (QED) is 0.227. The highest BCUT2D eigenvalue weighted by Gasteiger charge is 2.40. The predicted octanol–water partition coefficient (Wildman–Crippen LogP) is 4.25. The molecule has 11 heteroatoms. The Hall–Kier alpha value is -3.51. The molecule has 2 heterocycles. The molecule has 0 atom stereocenters. The van der Waals surface area contributed by atoms with E-state index in [0.29, 0.717) is 6.04 Å². The molecular formula is C30H39NO9S. The summed E-state index contributed by atoms with van der Waals surface area (Å²) < 4.78 is 49.2. The smallest absolute Gasteiger partial charge is 0.330 e. The van der Waals surface area contributed by atoms with Crippen LogP contribution in [-0.4, -0.2) is 74.6 Å². The maximum Gasteiger partial charge on any atom is 0.330 e. The van der Waals surface area contributed by atoms with Crippen LogP contribution in [0.4, 0.5) is 0 Å². The van der Waals surface area contributed by atoms with Gasteiger partial charge in [0.25, 0.3) is 10.1 Å². The average molecular weight is 590 g/mol. The Kier molecular flexibility index (Phi) is 13.2. The van der Waals surface area contributed by atoms with Crippen molar-refractivity contribution < 1.29 is 41.5 Å². The number of benzene rings is 1. The van der Waals surface area contributed by atoms with Crippen LogP contribution in [-0.2, 0) is 38.7 Å². The van der Waals surface area contributed by atoms with E-state index in [4.69, 9.17) is 23.5 Å². The molecule has 0 spiro atoms. The van der Waals surface area contributed by atoms with E-state index in [1.807, 2.05) is 24.3 Å². The van der Waals surface area contributed by atoms with Crippen molar-refractivity contribution in [3.05, 3.63) is 90.7 Å². The van der Waals surface area contributed by atoms with Gasteiger partial charge in [-0.15, -0.1) is 0 Å². The van der Waals surface area contributed by atoms with Crippen molar-refractivity contribution in [2.24, 2.45) is 5.41 Å². The van der Waals surface area contributed by atoms with Crippen molar-refractivity contribution in [1.82, 2.24) is 4.90 Å². The van der Waals surface area contributed by atoms with Gasteiger partial charge >= 0.3 is 11.9 Å². The van der Waals surface area contributed by atoms with Crippen molar-refractivity contribution in [3.63, 3.8) is 0 Å². The Morgan fingerprint density at radius 2 is 1.61 bits per heavy atom. The third kappa shape index (κ3) is 11.9. The number of ether oxygens (including phenoxy) is 4. The molecule has 1 saturated heterocycles. The van der Waals surface area contributed by atoms with Crippen LogP contribution < -0.4 is 0 Å². The Morgan fingerprint density at radius 3 is 2.02 bits per heavy atom. The number of carbonyl (C=O) groups excluding carboxylic acids is 2. The summed E-state index contributed by atoms with van der Waals surface area (Å²) in [4.78, 5) is 25.4. The topological polar surface area (TPSA) is 129 Å². The molecule has 1 N–H and O–H groups in total. The van der Waals surface area contributed by atoms with Crippen LogP contribution in [0.15, 0.2) is 79.6 Å². The number of allylic oxidation sites excluding steroid dienone is 3. The number of esters is 2. The van der Waals surface area contributed by atoms with Crippen LogP contribution in [0.25, 0.3) is 6.08 Å². The zero-order chi connectivity index (χ0) is 30.5. The van der Waals surface area contributed by atoms with Crippen LogP contribution in [0.5, 0.6) is 0 Å². The van der Waals surface area contributed by atoms with Gasteiger partial charge in [-0.05, 0) is 38.0 Å². The first-order valence-corrected chi connectivity index (χ1v) is 14.7. The molecule has 1 aromatic rings. The maximum atomic E-state index is 11.5. The zero-order valence-corrected chi connectivity index (χ0v) is 24.5. The summed E-state index contributed by atoms with van der Waals surface area (Å²) in [5, 5.41) is 0. The van der Waals surface area contributed by atoms with Crippen LogP contribution in [0.3, 0.4) is 0 Å². The molecule has 3 rings (SSSR count). The second-order valence-electron chi connectivity index (χ2n) is 9.76. The van der Waals surface area contributed by atoms with Crippen LogP contribution in [0.1, 0.15) is 38.2 Å². The largest absolute Gasteiger partial charge is 0.462 e. The Bertz CT molecular complexity index is 1210. The van der Waals surface area contributed by atoms with Gasteiger partial charge < -0.3 is 23.8 Å². The van der Waals surface area contributed by atoms with E-state index in [0.717, 1.165) is 29.8 Å². The summed E-state index contributed by atoms with van der Waals surface area (Å²) in [5.41, 5.74) is 2.29. The first-order chi connectivity index (χ1) is 19.4. The van der Waals surface area contributed by atoms with E-state index < -0.39 is 33.8 Å². The van der Waals surface area contributed by atoms with E-state index in [-0.39, 0.29) is 32.2 Å². The molecule has 0 amide bonds. The van der Waals surface area contributed by atoms with Crippen LogP contribution in [0.2, 0.25) is 0 Å². The van der Waals surface area contributed by atoms with Gasteiger partial charge in [-0.25, -0.2) is 9.59 Å². The second kappa shape index (κ2) is 16.1. The van der Waals surface area contributed by atoms with Crippen LogP contribution >= 0.6 is 0 Å². The van der Waals surface area contributed by atoms with Gasteiger partial charge in [0.15, 0.2) is 6.29 Å². The first-order valence-electron chi connectivity index (χ1n) is 13.1. The minimum Gasteiger partial charge on any atom is -0.462 e. The highest BCUT2D eigenvalue weighted by molar-refractivity contribution is 7.85. The monoisotopic (exact) mass is 589 g/mol. The predicted molar refractivity (Wildman–Crippen MR) is 156 cm³/mol. The number of hydrogen-bond acceptors (Lipinski definition) is 9. The highest BCUT2D eigenvalue weighted by Crippen LogP contribution is 2.33. The molecular weight excluding hydrogens is 550 g/mol. The van der Waals surface area contributed by atoms with E-state index >= 15 is 0 Å². The van der Waals surface area contributed by atoms with E-state index in [2.05, 4.69) is 62.4 Å². The van der Waals surface area contributed by atoms with Gasteiger partial charge in [-0.1, -0.05) is 55.7 Å². The summed E-state index contributed by atoms with van der Waals surface area (Å²) in [5.74, 6) is -1.34. The third-order valence-corrected chi connectivity index (χ3v) is 6.89. The van der Waals surface area contributed by atoms with Gasteiger partial charge in [-0.2, -0.15) is 8.42 Å². The maximum absolute atomic E-state index is 11.5. The van der Waals surface area contributed by atoms with Crippen molar-refractivity contribution in [3.8, 4) is 0 Å². The van der Waals surface area contributed by atoms with Gasteiger partial charge in [0.05, 0.1) is 24.4 Å². The molecule has 0 aliphatic carbocycles. The lowest BCUT2D eigenvalue weighted by Crippen LogP contribution is -2.46. The number of hydrogen-bond donors (Lipinski definition) is 1. The van der Waals surface area contributed by atoms with Crippen molar-refractivity contribution in [1.29, 1.82) is 0 Å². The van der Waals surface area contributed by atoms with E-state index in [9.17, 15) is 18.0 Å². The number of carbonyl (C=O) groups is 2. The van der Waals surface area contributed by atoms with Gasteiger partial charge in [0, 0.05) is 36.5 Å². The molecule has 41 heavy (non-hydrogen) atoms. The zero-order valence-electron chi connectivity index (χ0n) is 23.7. The third-order valence-electron chi connectivity index (χ3n) is 6.16. The fraction of sp³-hybridized carbons (Fsp3) is 0.400.